The van der Waals surface area contributed by atoms with E-state index in [-0.39, 0.29) is 0 Å². The van der Waals surface area contributed by atoms with E-state index in [0.29, 0.717) is 5.82 Å². The van der Waals surface area contributed by atoms with Gasteiger partial charge in [-0.25, -0.2) is 15.0 Å². The number of aromatic nitrogens is 4. The second-order valence-electron chi connectivity index (χ2n) is 5.73. The second-order valence-corrected chi connectivity index (χ2v) is 6.68. The van der Waals surface area contributed by atoms with Crippen molar-refractivity contribution in [3.8, 4) is 11.5 Å². The lowest BCUT2D eigenvalue weighted by Crippen LogP contribution is -2.09. The summed E-state index contributed by atoms with van der Waals surface area (Å²) in [4.78, 5) is 18.1. The smallest absolute Gasteiger partial charge is 0.180 e. The van der Waals surface area contributed by atoms with Gasteiger partial charge in [0.15, 0.2) is 5.82 Å². The fourth-order valence-electron chi connectivity index (χ4n) is 2.37. The molecule has 6 heteroatoms. The maximum absolute atomic E-state index is 4.65. The first-order chi connectivity index (χ1) is 11.6. The Morgan fingerprint density at radius 2 is 1.96 bits per heavy atom. The Kier molecular flexibility index (Phi) is 5.15. The highest BCUT2D eigenvalue weighted by Gasteiger charge is 2.10. The maximum Gasteiger partial charge on any atom is 0.180 e. The average Bonchev–Trinajstić information content (AvgIpc) is 3.01. The molecule has 124 valence electrons. The van der Waals surface area contributed by atoms with Gasteiger partial charge < -0.3 is 5.32 Å². The van der Waals surface area contributed by atoms with Gasteiger partial charge in [0.05, 0.1) is 5.01 Å². The summed E-state index contributed by atoms with van der Waals surface area (Å²) in [5.74, 6) is 1.55. The normalized spacial score (nSPS) is 10.8. The highest BCUT2D eigenvalue weighted by atomic mass is 32.1. The Bertz CT molecular complexity index is 814. The van der Waals surface area contributed by atoms with Crippen molar-refractivity contribution in [1.82, 2.24) is 19.9 Å². The van der Waals surface area contributed by atoms with Crippen molar-refractivity contribution in [2.75, 3.05) is 11.9 Å². The molecule has 0 aromatic carbocycles. The topological polar surface area (TPSA) is 63.6 Å². The monoisotopic (exact) mass is 339 g/mol. The third kappa shape index (κ3) is 3.94. The van der Waals surface area contributed by atoms with E-state index in [4.69, 9.17) is 0 Å². The number of pyridine rings is 1. The molecule has 0 spiro atoms. The van der Waals surface area contributed by atoms with Crippen molar-refractivity contribution in [3.05, 3.63) is 51.7 Å². The molecule has 3 rings (SSSR count). The van der Waals surface area contributed by atoms with Gasteiger partial charge in [0, 0.05) is 41.5 Å². The van der Waals surface area contributed by atoms with E-state index < -0.39 is 0 Å². The maximum atomic E-state index is 4.65. The van der Waals surface area contributed by atoms with Crippen LogP contribution in [-0.2, 0) is 6.42 Å². The lowest BCUT2D eigenvalue weighted by atomic mass is 10.2. The van der Waals surface area contributed by atoms with Crippen LogP contribution in [0.1, 0.15) is 28.4 Å². The molecule has 3 heterocycles. The Labute approximate surface area is 146 Å². The van der Waals surface area contributed by atoms with E-state index in [2.05, 4.69) is 30.6 Å². The molecule has 0 fully saturated rings. The van der Waals surface area contributed by atoms with Crippen LogP contribution in [0, 0.1) is 20.8 Å². The minimum Gasteiger partial charge on any atom is -0.370 e. The molecule has 0 aliphatic carbocycles. The van der Waals surface area contributed by atoms with Crippen LogP contribution in [0.4, 0.5) is 5.82 Å². The van der Waals surface area contributed by atoms with Crippen molar-refractivity contribution >= 4 is 17.2 Å². The number of anilines is 1. The zero-order valence-corrected chi connectivity index (χ0v) is 15.0. The Balaban J connectivity index is 1.67. The number of rotatable bonds is 6. The number of hydrogen-bond acceptors (Lipinski definition) is 6. The lowest BCUT2D eigenvalue weighted by Gasteiger charge is -2.12. The van der Waals surface area contributed by atoms with Gasteiger partial charge in [0.25, 0.3) is 0 Å². The summed E-state index contributed by atoms with van der Waals surface area (Å²) in [6, 6.07) is 5.77. The largest absolute Gasteiger partial charge is 0.370 e. The molecule has 0 bridgehead atoms. The molecule has 0 radical (unpaired) electrons. The molecular weight excluding hydrogens is 318 g/mol. The summed E-state index contributed by atoms with van der Waals surface area (Å²) in [6.45, 7) is 6.94. The van der Waals surface area contributed by atoms with Gasteiger partial charge in [-0.1, -0.05) is 6.07 Å². The number of hydrogen-bond donors (Lipinski definition) is 1. The molecule has 24 heavy (non-hydrogen) atoms. The van der Waals surface area contributed by atoms with Crippen LogP contribution >= 0.6 is 11.3 Å². The standard InChI is InChI=1S/C18H21N5S/c1-12-11-24-16(21-12)8-6-10-20-17-13(2)14(3)22-18(23-17)15-7-4-5-9-19-15/h4-5,7,9,11H,6,8,10H2,1-3H3,(H,20,22,23). The molecular formula is C18H21N5S. The highest BCUT2D eigenvalue weighted by molar-refractivity contribution is 7.09. The van der Waals surface area contributed by atoms with E-state index in [1.54, 1.807) is 17.5 Å². The predicted molar refractivity (Wildman–Crippen MR) is 98.4 cm³/mol. The molecule has 1 N–H and O–H groups in total. The highest BCUT2D eigenvalue weighted by Crippen LogP contribution is 2.20. The van der Waals surface area contributed by atoms with E-state index in [1.165, 1.54) is 5.01 Å². The summed E-state index contributed by atoms with van der Waals surface area (Å²) in [5.41, 5.74) is 3.95. The molecule has 0 aliphatic rings. The summed E-state index contributed by atoms with van der Waals surface area (Å²) < 4.78 is 0. The van der Waals surface area contributed by atoms with Crippen LogP contribution in [0.5, 0.6) is 0 Å². The summed E-state index contributed by atoms with van der Waals surface area (Å²) in [5, 5.41) is 6.73. The molecule has 0 amide bonds. The fourth-order valence-corrected chi connectivity index (χ4v) is 3.19. The number of nitrogens with zero attached hydrogens (tertiary/aromatic N) is 4. The van der Waals surface area contributed by atoms with Gasteiger partial charge in [-0.2, -0.15) is 0 Å². The predicted octanol–water partition coefficient (Wildman–Crippen LogP) is 3.97. The van der Waals surface area contributed by atoms with Gasteiger partial charge >= 0.3 is 0 Å². The van der Waals surface area contributed by atoms with Gasteiger partial charge in [-0.3, -0.25) is 4.98 Å². The van der Waals surface area contributed by atoms with Crippen molar-refractivity contribution < 1.29 is 0 Å². The van der Waals surface area contributed by atoms with Gasteiger partial charge in [0.2, 0.25) is 0 Å². The van der Waals surface area contributed by atoms with E-state index in [1.807, 2.05) is 39.0 Å². The second kappa shape index (κ2) is 7.49. The van der Waals surface area contributed by atoms with E-state index >= 15 is 0 Å². The van der Waals surface area contributed by atoms with E-state index in [9.17, 15) is 0 Å². The number of thiazole rings is 1. The summed E-state index contributed by atoms with van der Waals surface area (Å²) in [7, 11) is 0. The third-order valence-electron chi connectivity index (χ3n) is 3.81. The van der Waals surface area contributed by atoms with Crippen molar-refractivity contribution in [2.24, 2.45) is 0 Å². The first kappa shape index (κ1) is 16.5. The quantitative estimate of drug-likeness (QED) is 0.689. The molecule has 0 atom stereocenters. The van der Waals surface area contributed by atoms with Gasteiger partial charge in [0.1, 0.15) is 11.5 Å². The van der Waals surface area contributed by atoms with Gasteiger partial charge in [-0.05, 0) is 39.3 Å². The first-order valence-electron chi connectivity index (χ1n) is 8.05. The Morgan fingerprint density at radius 3 is 2.67 bits per heavy atom. The van der Waals surface area contributed by atoms with Crippen molar-refractivity contribution in [3.63, 3.8) is 0 Å². The number of aryl methyl sites for hydroxylation is 3. The first-order valence-corrected chi connectivity index (χ1v) is 8.93. The van der Waals surface area contributed by atoms with Crippen LogP contribution < -0.4 is 5.32 Å². The van der Waals surface area contributed by atoms with Crippen LogP contribution in [0.3, 0.4) is 0 Å². The molecule has 3 aromatic rings. The van der Waals surface area contributed by atoms with E-state index in [0.717, 1.165) is 47.8 Å². The SMILES string of the molecule is Cc1csc(CCCNc2nc(-c3ccccn3)nc(C)c2C)n1. The van der Waals surface area contributed by atoms with Crippen LogP contribution in [-0.4, -0.2) is 26.5 Å². The van der Waals surface area contributed by atoms with Crippen LogP contribution in [0.15, 0.2) is 29.8 Å². The molecule has 0 aliphatic heterocycles. The third-order valence-corrected chi connectivity index (χ3v) is 4.84. The molecule has 3 aromatic heterocycles. The Morgan fingerprint density at radius 1 is 1.08 bits per heavy atom. The summed E-state index contributed by atoms with van der Waals surface area (Å²) in [6.07, 6.45) is 3.77. The fraction of sp³-hybridized carbons (Fsp3) is 0.333. The zero-order valence-electron chi connectivity index (χ0n) is 14.2. The van der Waals surface area contributed by atoms with Crippen LogP contribution in [0.2, 0.25) is 0 Å². The zero-order chi connectivity index (χ0) is 16.9. The lowest BCUT2D eigenvalue weighted by molar-refractivity contribution is 0.845. The molecule has 5 nitrogen and oxygen atoms in total. The van der Waals surface area contributed by atoms with Crippen molar-refractivity contribution in [1.29, 1.82) is 0 Å². The molecule has 0 saturated carbocycles. The Hall–Kier alpha value is -2.34. The number of nitrogens with one attached hydrogen (secondary N) is 1. The molecule has 0 unspecified atom stereocenters. The minimum atomic E-state index is 0.664. The summed E-state index contributed by atoms with van der Waals surface area (Å²) >= 11 is 1.73. The van der Waals surface area contributed by atoms with Gasteiger partial charge in [-0.15, -0.1) is 11.3 Å². The minimum absolute atomic E-state index is 0.664. The van der Waals surface area contributed by atoms with Crippen LogP contribution in [0.25, 0.3) is 11.5 Å². The van der Waals surface area contributed by atoms with Crippen molar-refractivity contribution in [2.45, 2.75) is 33.6 Å². The average molecular weight is 339 g/mol. The molecule has 0 saturated heterocycles.